The van der Waals surface area contributed by atoms with Crippen molar-refractivity contribution >= 4 is 17.1 Å². The summed E-state index contributed by atoms with van der Waals surface area (Å²) in [4.78, 5) is 2.34. The summed E-state index contributed by atoms with van der Waals surface area (Å²) in [6, 6.07) is 16.1. The molecule has 0 spiro atoms. The molecule has 0 saturated heterocycles. The number of hydrogen-bond acceptors (Lipinski definition) is 3. The van der Waals surface area contributed by atoms with E-state index in [1.165, 1.54) is 5.69 Å². The molecule has 1 unspecified atom stereocenters. The minimum atomic E-state index is 0.226. The van der Waals surface area contributed by atoms with Crippen molar-refractivity contribution in [2.24, 2.45) is 16.1 Å². The molecule has 0 aliphatic carbocycles. The zero-order valence-electron chi connectivity index (χ0n) is 14.2. The second kappa shape index (κ2) is 8.47. The van der Waals surface area contributed by atoms with Gasteiger partial charge in [-0.15, -0.1) is 0 Å². The van der Waals surface area contributed by atoms with Crippen LogP contribution in [-0.4, -0.2) is 13.1 Å². The Bertz CT molecular complexity index is 633. The minimum Gasteiger partial charge on any atom is -0.372 e. The maximum Gasteiger partial charge on any atom is 0.0887 e. The molecule has 0 aromatic heterocycles. The molecular weight excluding hydrogens is 282 g/mol. The molecule has 0 fully saturated rings. The van der Waals surface area contributed by atoms with Crippen LogP contribution in [0, 0.1) is 19.8 Å². The van der Waals surface area contributed by atoms with E-state index in [4.69, 9.17) is 6.92 Å². The van der Waals surface area contributed by atoms with E-state index < -0.39 is 0 Å². The summed E-state index contributed by atoms with van der Waals surface area (Å²) in [6.45, 7) is 14.1. The van der Waals surface area contributed by atoms with E-state index in [9.17, 15) is 0 Å². The van der Waals surface area contributed by atoms with Gasteiger partial charge in [0.2, 0.25) is 0 Å². The number of aryl methyl sites for hydroxylation is 1. The molecule has 2 aromatic rings. The lowest BCUT2D eigenvalue weighted by Gasteiger charge is -2.24. The van der Waals surface area contributed by atoms with Crippen molar-refractivity contribution in [3.8, 4) is 0 Å². The average Bonchev–Trinajstić information content (AvgIpc) is 2.55. The van der Waals surface area contributed by atoms with Crippen LogP contribution in [0.1, 0.15) is 25.8 Å². The monoisotopic (exact) mass is 307 g/mol. The van der Waals surface area contributed by atoms with Gasteiger partial charge in [-0.3, -0.25) is 0 Å². The van der Waals surface area contributed by atoms with Crippen LogP contribution in [-0.2, 0) is 0 Å². The van der Waals surface area contributed by atoms with Gasteiger partial charge in [0.25, 0.3) is 0 Å². The Labute approximate surface area is 140 Å². The zero-order chi connectivity index (χ0) is 16.7. The Morgan fingerprint density at radius 2 is 1.83 bits per heavy atom. The molecule has 0 aliphatic heterocycles. The van der Waals surface area contributed by atoms with Crippen molar-refractivity contribution < 1.29 is 0 Å². The molecule has 0 bridgehead atoms. The standard InChI is InChI=1S/C20H25N3/c1-5-23(14-13-16(2)3)19-11-12-20(17(4)15-19)22-21-18-9-7-6-8-10-18/h2,6-12,15-16H,5,13-14H2,1,3-4H3. The first-order valence-electron chi connectivity index (χ1n) is 8.18. The highest BCUT2D eigenvalue weighted by molar-refractivity contribution is 5.57. The molecule has 2 rings (SSSR count). The maximum atomic E-state index is 5.87. The van der Waals surface area contributed by atoms with Crippen molar-refractivity contribution in [3.63, 3.8) is 0 Å². The molecule has 2 aromatic carbocycles. The third-order valence-corrected chi connectivity index (χ3v) is 3.81. The molecule has 120 valence electrons. The predicted molar refractivity (Wildman–Crippen MR) is 97.8 cm³/mol. The summed E-state index contributed by atoms with van der Waals surface area (Å²) in [7, 11) is 0. The van der Waals surface area contributed by atoms with E-state index in [1.54, 1.807) is 0 Å². The fourth-order valence-electron chi connectivity index (χ4n) is 2.38. The predicted octanol–water partition coefficient (Wildman–Crippen LogP) is 5.97. The molecular formula is C20H25N3. The molecule has 0 saturated carbocycles. The Kier molecular flexibility index (Phi) is 6.33. The fourth-order valence-corrected chi connectivity index (χ4v) is 2.38. The topological polar surface area (TPSA) is 28.0 Å². The summed E-state index contributed by atoms with van der Waals surface area (Å²) in [5.74, 6) is 0.226. The number of anilines is 1. The van der Waals surface area contributed by atoms with Gasteiger partial charge in [-0.1, -0.05) is 25.1 Å². The van der Waals surface area contributed by atoms with Gasteiger partial charge in [0, 0.05) is 18.8 Å². The van der Waals surface area contributed by atoms with Crippen LogP contribution in [0.4, 0.5) is 17.1 Å². The highest BCUT2D eigenvalue weighted by Gasteiger charge is 2.07. The van der Waals surface area contributed by atoms with Crippen LogP contribution >= 0.6 is 0 Å². The molecule has 3 heteroatoms. The van der Waals surface area contributed by atoms with Gasteiger partial charge < -0.3 is 4.90 Å². The zero-order valence-corrected chi connectivity index (χ0v) is 14.2. The Morgan fingerprint density at radius 1 is 1.09 bits per heavy atom. The average molecular weight is 307 g/mol. The van der Waals surface area contributed by atoms with Crippen LogP contribution in [0.15, 0.2) is 58.8 Å². The lowest BCUT2D eigenvalue weighted by Crippen LogP contribution is -2.24. The first-order chi connectivity index (χ1) is 11.1. The molecule has 2 radical (unpaired) electrons. The second-order valence-electron chi connectivity index (χ2n) is 5.85. The van der Waals surface area contributed by atoms with Crippen LogP contribution < -0.4 is 4.90 Å². The van der Waals surface area contributed by atoms with E-state index in [0.717, 1.165) is 36.4 Å². The maximum absolute atomic E-state index is 5.87. The van der Waals surface area contributed by atoms with Gasteiger partial charge >= 0.3 is 0 Å². The molecule has 1 atom stereocenters. The Hall–Kier alpha value is -2.16. The summed E-state index contributed by atoms with van der Waals surface area (Å²) in [6.07, 6.45) is 0.988. The summed E-state index contributed by atoms with van der Waals surface area (Å²) < 4.78 is 0. The molecule has 3 nitrogen and oxygen atoms in total. The number of hydrogen-bond donors (Lipinski definition) is 0. The van der Waals surface area contributed by atoms with Crippen LogP contribution in [0.25, 0.3) is 0 Å². The fraction of sp³-hybridized carbons (Fsp3) is 0.350. The SMILES string of the molecule is [CH]C(C)CCN(CC)c1ccc(N=Nc2ccccc2)c(C)c1. The van der Waals surface area contributed by atoms with Crippen LogP contribution in [0.2, 0.25) is 0 Å². The van der Waals surface area contributed by atoms with Gasteiger partial charge in [-0.25, -0.2) is 0 Å². The van der Waals surface area contributed by atoms with Gasteiger partial charge in [-0.05, 0) is 69.0 Å². The van der Waals surface area contributed by atoms with Crippen molar-refractivity contribution in [3.05, 3.63) is 61.0 Å². The number of rotatable bonds is 7. The Balaban J connectivity index is 2.12. The van der Waals surface area contributed by atoms with Gasteiger partial charge in [0.05, 0.1) is 11.4 Å². The molecule has 0 aliphatic rings. The lowest BCUT2D eigenvalue weighted by atomic mass is 10.1. The van der Waals surface area contributed by atoms with E-state index in [1.807, 2.05) is 43.3 Å². The normalized spacial score (nSPS) is 11.3. The summed E-state index contributed by atoms with van der Waals surface area (Å²) >= 11 is 0. The van der Waals surface area contributed by atoms with Crippen molar-refractivity contribution in [1.29, 1.82) is 0 Å². The number of nitrogens with zero attached hydrogens (tertiary/aromatic N) is 3. The third kappa shape index (κ3) is 5.20. The molecule has 23 heavy (non-hydrogen) atoms. The van der Waals surface area contributed by atoms with Gasteiger partial charge in [0.15, 0.2) is 0 Å². The van der Waals surface area contributed by atoms with Crippen molar-refractivity contribution in [2.45, 2.75) is 27.2 Å². The van der Waals surface area contributed by atoms with Gasteiger partial charge in [-0.2, -0.15) is 10.2 Å². The first kappa shape index (κ1) is 17.2. The quantitative estimate of drug-likeness (QED) is 0.579. The van der Waals surface area contributed by atoms with Crippen molar-refractivity contribution in [1.82, 2.24) is 0 Å². The van der Waals surface area contributed by atoms with Crippen molar-refractivity contribution in [2.75, 3.05) is 18.0 Å². The highest BCUT2D eigenvalue weighted by atomic mass is 15.1. The number of benzene rings is 2. The minimum absolute atomic E-state index is 0.226. The van der Waals surface area contributed by atoms with Gasteiger partial charge in [0.1, 0.15) is 0 Å². The third-order valence-electron chi connectivity index (χ3n) is 3.81. The molecule has 0 N–H and O–H groups in total. The van der Waals surface area contributed by atoms with E-state index >= 15 is 0 Å². The summed E-state index contributed by atoms with van der Waals surface area (Å²) in [5, 5.41) is 8.65. The summed E-state index contributed by atoms with van der Waals surface area (Å²) in [5.41, 5.74) is 4.11. The van der Waals surface area contributed by atoms with Crippen LogP contribution in [0.5, 0.6) is 0 Å². The first-order valence-corrected chi connectivity index (χ1v) is 8.18. The molecule has 0 amide bonds. The van der Waals surface area contributed by atoms with E-state index in [0.29, 0.717) is 0 Å². The smallest absolute Gasteiger partial charge is 0.0887 e. The van der Waals surface area contributed by atoms with Crippen LogP contribution in [0.3, 0.4) is 0 Å². The second-order valence-corrected chi connectivity index (χ2v) is 5.85. The Morgan fingerprint density at radius 3 is 2.43 bits per heavy atom. The van der Waals surface area contributed by atoms with E-state index in [-0.39, 0.29) is 5.92 Å². The lowest BCUT2D eigenvalue weighted by molar-refractivity contribution is 0.625. The number of azo groups is 1. The van der Waals surface area contributed by atoms with E-state index in [2.05, 4.69) is 41.1 Å². The highest BCUT2D eigenvalue weighted by Crippen LogP contribution is 2.27. The molecule has 0 heterocycles. The largest absolute Gasteiger partial charge is 0.372 e.